The van der Waals surface area contributed by atoms with E-state index in [-0.39, 0.29) is 6.17 Å². The van der Waals surface area contributed by atoms with Crippen molar-refractivity contribution in [1.82, 2.24) is 4.90 Å². The quantitative estimate of drug-likeness (QED) is 0.184. The van der Waals surface area contributed by atoms with E-state index in [0.717, 1.165) is 50.6 Å². The highest BCUT2D eigenvalue weighted by Crippen LogP contribution is 2.37. The first-order valence-corrected chi connectivity index (χ1v) is 16.4. The molecule has 49 heavy (non-hydrogen) atoms. The summed E-state index contributed by atoms with van der Waals surface area (Å²) in [6, 6.07) is 60.9. The first-order valence-electron chi connectivity index (χ1n) is 16.4. The average molecular weight is 629 g/mol. The van der Waals surface area contributed by atoms with Gasteiger partial charge in [0.15, 0.2) is 5.84 Å². The minimum absolute atomic E-state index is 0.223. The Balaban J connectivity index is 1.13. The molecule has 1 aliphatic rings. The number of aliphatic imine (C=N–C) groups is 2. The van der Waals surface area contributed by atoms with Crippen LogP contribution in [0.3, 0.4) is 0 Å². The molecule has 0 saturated carbocycles. The lowest BCUT2D eigenvalue weighted by atomic mass is 9.91. The van der Waals surface area contributed by atoms with E-state index in [0.29, 0.717) is 5.56 Å². The van der Waals surface area contributed by atoms with Crippen molar-refractivity contribution in [2.75, 3.05) is 7.05 Å². The van der Waals surface area contributed by atoms with Crippen LogP contribution in [0.25, 0.3) is 44.2 Å². The summed E-state index contributed by atoms with van der Waals surface area (Å²) in [7, 11) is 2.07. The Morgan fingerprint density at radius 1 is 0.490 bits per heavy atom. The maximum atomic E-state index is 9.59. The van der Waals surface area contributed by atoms with Crippen molar-refractivity contribution >= 4 is 22.4 Å². The van der Waals surface area contributed by atoms with Crippen molar-refractivity contribution in [2.45, 2.75) is 6.17 Å². The Bertz CT molecular complexity index is 2390. The molecule has 8 rings (SSSR count). The lowest BCUT2D eigenvalue weighted by molar-refractivity contribution is 0.383. The number of nitrogens with zero attached hydrogens (tertiary/aromatic N) is 4. The zero-order chi connectivity index (χ0) is 33.2. The highest BCUT2D eigenvalue weighted by Gasteiger charge is 2.26. The summed E-state index contributed by atoms with van der Waals surface area (Å²) in [4.78, 5) is 12.3. The third kappa shape index (κ3) is 5.69. The molecule has 0 saturated heterocycles. The summed E-state index contributed by atoms with van der Waals surface area (Å²) in [5.74, 6) is 1.63. The molecule has 1 atom stereocenters. The van der Waals surface area contributed by atoms with E-state index in [4.69, 9.17) is 9.98 Å². The summed E-state index contributed by atoms with van der Waals surface area (Å²) in [5.41, 5.74) is 10.5. The fourth-order valence-corrected chi connectivity index (χ4v) is 6.71. The number of amidine groups is 2. The Hall–Kier alpha value is -6.57. The minimum Gasteiger partial charge on any atom is -0.333 e. The van der Waals surface area contributed by atoms with Crippen LogP contribution in [0.15, 0.2) is 180 Å². The number of nitriles is 1. The van der Waals surface area contributed by atoms with E-state index >= 15 is 0 Å². The molecule has 232 valence electrons. The Morgan fingerprint density at radius 3 is 1.57 bits per heavy atom. The van der Waals surface area contributed by atoms with Gasteiger partial charge < -0.3 is 4.90 Å². The van der Waals surface area contributed by atoms with Gasteiger partial charge in [0.05, 0.1) is 11.6 Å². The van der Waals surface area contributed by atoms with Crippen LogP contribution in [0.4, 0.5) is 0 Å². The van der Waals surface area contributed by atoms with Gasteiger partial charge >= 0.3 is 0 Å². The van der Waals surface area contributed by atoms with E-state index in [1.807, 2.05) is 60.7 Å². The maximum Gasteiger partial charge on any atom is 0.159 e. The second-order valence-corrected chi connectivity index (χ2v) is 12.2. The van der Waals surface area contributed by atoms with Crippen LogP contribution in [0.2, 0.25) is 0 Å². The van der Waals surface area contributed by atoms with Crippen LogP contribution < -0.4 is 0 Å². The molecule has 0 radical (unpaired) electrons. The topological polar surface area (TPSA) is 51.8 Å². The molecule has 0 spiro atoms. The Labute approximate surface area is 286 Å². The van der Waals surface area contributed by atoms with Crippen molar-refractivity contribution < 1.29 is 0 Å². The first kappa shape index (κ1) is 29.8. The number of rotatable bonds is 6. The highest BCUT2D eigenvalue weighted by molar-refractivity contribution is 6.13. The maximum absolute atomic E-state index is 9.59. The lowest BCUT2D eigenvalue weighted by Gasteiger charge is -2.32. The van der Waals surface area contributed by atoms with E-state index in [1.54, 1.807) is 0 Å². The summed E-state index contributed by atoms with van der Waals surface area (Å²) < 4.78 is 0. The predicted octanol–water partition coefficient (Wildman–Crippen LogP) is 10.6. The van der Waals surface area contributed by atoms with Gasteiger partial charge in [-0.25, -0.2) is 9.98 Å². The molecule has 4 nitrogen and oxygen atoms in total. The molecule has 4 heteroatoms. The fraction of sp³-hybridized carbons (Fsp3) is 0.0444. The molecule has 1 aliphatic heterocycles. The van der Waals surface area contributed by atoms with Crippen LogP contribution in [-0.2, 0) is 0 Å². The summed E-state index contributed by atoms with van der Waals surface area (Å²) in [5, 5.41) is 12.0. The van der Waals surface area contributed by atoms with E-state index in [9.17, 15) is 5.26 Å². The van der Waals surface area contributed by atoms with Crippen molar-refractivity contribution in [3.63, 3.8) is 0 Å². The van der Waals surface area contributed by atoms with Gasteiger partial charge in [-0.3, -0.25) is 0 Å². The van der Waals surface area contributed by atoms with Gasteiger partial charge in [-0.2, -0.15) is 5.26 Å². The SMILES string of the molecule is CN1C(c2ccccc2)=NC(c2ccccc2)=NC1c1ccc(-c2ccc(-c3ccc(-c4ccccc4C#N)cc3)c3ccccc23)cc1. The van der Waals surface area contributed by atoms with Crippen molar-refractivity contribution in [3.05, 3.63) is 192 Å². The second-order valence-electron chi connectivity index (χ2n) is 12.2. The smallest absolute Gasteiger partial charge is 0.159 e. The van der Waals surface area contributed by atoms with Crippen LogP contribution in [-0.4, -0.2) is 23.6 Å². The van der Waals surface area contributed by atoms with Gasteiger partial charge in [-0.15, -0.1) is 0 Å². The average Bonchev–Trinajstić information content (AvgIpc) is 3.18. The van der Waals surface area contributed by atoms with E-state index < -0.39 is 0 Å². The van der Waals surface area contributed by atoms with Gasteiger partial charge in [-0.1, -0.05) is 164 Å². The monoisotopic (exact) mass is 628 g/mol. The summed E-state index contributed by atoms with van der Waals surface area (Å²) in [6.07, 6.45) is -0.223. The highest BCUT2D eigenvalue weighted by atomic mass is 15.3. The molecule has 0 aliphatic carbocycles. The standard InChI is InChI=1S/C45H32N4/c1-49-44(35-14-6-3-7-15-35)47-43(34-12-4-2-5-13-34)48-45(49)36-26-24-33(25-27-36)40-29-28-39(41-18-10-11-19-42(40)41)32-22-20-31(21-23-32)38-17-9-8-16-37(38)30-46/h2-29,45H,1H3. The summed E-state index contributed by atoms with van der Waals surface area (Å²) >= 11 is 0. The molecular weight excluding hydrogens is 597 g/mol. The van der Waals surface area contributed by atoms with Gasteiger partial charge in [-0.05, 0) is 55.8 Å². The third-order valence-corrected chi connectivity index (χ3v) is 9.22. The number of fused-ring (bicyclic) bond motifs is 1. The largest absolute Gasteiger partial charge is 0.333 e. The number of benzene rings is 7. The lowest BCUT2D eigenvalue weighted by Crippen LogP contribution is -2.35. The predicted molar refractivity (Wildman–Crippen MR) is 201 cm³/mol. The first-order chi connectivity index (χ1) is 24.2. The number of hydrogen-bond donors (Lipinski definition) is 0. The van der Waals surface area contributed by atoms with Gasteiger partial charge in [0.2, 0.25) is 0 Å². The van der Waals surface area contributed by atoms with Crippen LogP contribution in [0.1, 0.15) is 28.4 Å². The Kier molecular flexibility index (Phi) is 7.85. The van der Waals surface area contributed by atoms with Crippen LogP contribution in [0, 0.1) is 11.3 Å². The second kappa shape index (κ2) is 12.9. The van der Waals surface area contributed by atoms with E-state index in [1.165, 1.54) is 21.9 Å². The molecule has 7 aromatic carbocycles. The number of hydrogen-bond acceptors (Lipinski definition) is 4. The molecule has 0 bridgehead atoms. The minimum atomic E-state index is -0.223. The van der Waals surface area contributed by atoms with Crippen molar-refractivity contribution in [3.8, 4) is 39.4 Å². The van der Waals surface area contributed by atoms with Gasteiger partial charge in [0.1, 0.15) is 12.0 Å². The van der Waals surface area contributed by atoms with Gasteiger partial charge in [0, 0.05) is 18.2 Å². The zero-order valence-corrected chi connectivity index (χ0v) is 27.0. The molecule has 1 unspecified atom stereocenters. The molecule has 1 heterocycles. The third-order valence-electron chi connectivity index (χ3n) is 9.22. The molecule has 7 aromatic rings. The zero-order valence-electron chi connectivity index (χ0n) is 27.0. The molecule has 0 fully saturated rings. The summed E-state index contributed by atoms with van der Waals surface area (Å²) in [6.45, 7) is 0. The normalized spacial score (nSPS) is 14.2. The van der Waals surface area contributed by atoms with Gasteiger partial charge in [0.25, 0.3) is 0 Å². The molecular formula is C45H32N4. The van der Waals surface area contributed by atoms with Crippen LogP contribution >= 0.6 is 0 Å². The van der Waals surface area contributed by atoms with Crippen molar-refractivity contribution in [1.29, 1.82) is 5.26 Å². The Morgan fingerprint density at radius 2 is 0.980 bits per heavy atom. The van der Waals surface area contributed by atoms with Crippen LogP contribution in [0.5, 0.6) is 0 Å². The fourth-order valence-electron chi connectivity index (χ4n) is 6.71. The van der Waals surface area contributed by atoms with E-state index in [2.05, 4.69) is 127 Å². The van der Waals surface area contributed by atoms with Crippen molar-refractivity contribution in [2.24, 2.45) is 9.98 Å². The molecule has 0 amide bonds. The molecule has 0 N–H and O–H groups in total. The molecule has 0 aromatic heterocycles.